The second-order valence-electron chi connectivity index (χ2n) is 2.86. The Balaban J connectivity index is 2.33. The van der Waals surface area contributed by atoms with E-state index in [-0.39, 0.29) is 11.7 Å². The minimum atomic E-state index is 0.154. The molecule has 0 N–H and O–H groups in total. The highest BCUT2D eigenvalue weighted by atomic mass is 16.1. The zero-order valence-electron chi connectivity index (χ0n) is 6.92. The molecule has 1 aliphatic carbocycles. The molecule has 0 aliphatic heterocycles. The van der Waals surface area contributed by atoms with E-state index in [1.807, 2.05) is 12.2 Å². The Labute approximate surface area is 67.8 Å². The Morgan fingerprint density at radius 1 is 1.73 bits per heavy atom. The van der Waals surface area contributed by atoms with Gasteiger partial charge in [-0.3, -0.25) is 4.79 Å². The molecule has 11 heavy (non-hydrogen) atoms. The molecule has 0 aromatic carbocycles. The summed E-state index contributed by atoms with van der Waals surface area (Å²) in [6.45, 7) is 2.14. The molecule has 1 heteroatoms. The molecule has 1 rings (SSSR count). The maximum Gasteiger partial charge on any atom is 0.162 e. The topological polar surface area (TPSA) is 17.1 Å². The second-order valence-corrected chi connectivity index (χ2v) is 2.86. The van der Waals surface area contributed by atoms with Crippen LogP contribution in [-0.4, -0.2) is 5.78 Å². The van der Waals surface area contributed by atoms with E-state index < -0.39 is 0 Å². The number of ketones is 1. The molecule has 0 saturated heterocycles. The number of unbranched alkanes of at least 4 members (excludes halogenated alkanes) is 1. The van der Waals surface area contributed by atoms with Crippen LogP contribution in [0.15, 0.2) is 24.3 Å². The quantitative estimate of drug-likeness (QED) is 0.565. The van der Waals surface area contributed by atoms with Crippen molar-refractivity contribution >= 4 is 5.78 Å². The monoisotopic (exact) mass is 150 g/mol. The van der Waals surface area contributed by atoms with Crippen LogP contribution in [0.4, 0.5) is 0 Å². The van der Waals surface area contributed by atoms with Crippen LogP contribution >= 0.6 is 0 Å². The second kappa shape index (κ2) is 4.12. The number of allylic oxidation sites excluding steroid dienone is 4. The van der Waals surface area contributed by atoms with Crippen LogP contribution in [0.3, 0.4) is 0 Å². The summed E-state index contributed by atoms with van der Waals surface area (Å²) in [6.07, 6.45) is 10.9. The third-order valence-electron chi connectivity index (χ3n) is 1.86. The van der Waals surface area contributed by atoms with Crippen molar-refractivity contribution in [3.63, 3.8) is 0 Å². The SMILES string of the molecule is CCC/C=C/C1CC=CC1=O. The van der Waals surface area contributed by atoms with E-state index >= 15 is 0 Å². The molecular weight excluding hydrogens is 136 g/mol. The van der Waals surface area contributed by atoms with Gasteiger partial charge in [0, 0.05) is 5.92 Å². The van der Waals surface area contributed by atoms with Crippen LogP contribution in [0.25, 0.3) is 0 Å². The summed E-state index contributed by atoms with van der Waals surface area (Å²) in [7, 11) is 0. The highest BCUT2D eigenvalue weighted by molar-refractivity contribution is 5.95. The van der Waals surface area contributed by atoms with Crippen molar-refractivity contribution in [3.8, 4) is 0 Å². The summed E-state index contributed by atoms with van der Waals surface area (Å²) in [6, 6.07) is 0. The average molecular weight is 150 g/mol. The van der Waals surface area contributed by atoms with Gasteiger partial charge in [-0.25, -0.2) is 0 Å². The first-order chi connectivity index (χ1) is 5.34. The normalized spacial score (nSPS) is 23.7. The molecule has 0 heterocycles. The lowest BCUT2D eigenvalue weighted by Gasteiger charge is -1.97. The summed E-state index contributed by atoms with van der Waals surface area (Å²) in [5, 5.41) is 0. The van der Waals surface area contributed by atoms with Crippen molar-refractivity contribution in [1.82, 2.24) is 0 Å². The zero-order chi connectivity index (χ0) is 8.10. The van der Waals surface area contributed by atoms with Gasteiger partial charge in [-0.1, -0.05) is 31.6 Å². The Kier molecular flexibility index (Phi) is 3.09. The molecule has 1 aliphatic rings. The molecule has 60 valence electrons. The summed E-state index contributed by atoms with van der Waals surface area (Å²) in [5.74, 6) is 0.416. The fourth-order valence-corrected chi connectivity index (χ4v) is 1.17. The number of hydrogen-bond acceptors (Lipinski definition) is 1. The maximum absolute atomic E-state index is 11.0. The lowest BCUT2D eigenvalue weighted by molar-refractivity contribution is -0.116. The van der Waals surface area contributed by atoms with E-state index in [9.17, 15) is 4.79 Å². The van der Waals surface area contributed by atoms with Crippen molar-refractivity contribution in [3.05, 3.63) is 24.3 Å². The number of rotatable bonds is 3. The van der Waals surface area contributed by atoms with E-state index in [0.717, 1.165) is 19.3 Å². The van der Waals surface area contributed by atoms with E-state index in [4.69, 9.17) is 0 Å². The molecule has 1 unspecified atom stereocenters. The third kappa shape index (κ3) is 2.34. The highest BCUT2D eigenvalue weighted by Crippen LogP contribution is 2.15. The van der Waals surface area contributed by atoms with E-state index in [2.05, 4.69) is 13.0 Å². The molecule has 1 nitrogen and oxygen atoms in total. The van der Waals surface area contributed by atoms with Crippen molar-refractivity contribution in [2.45, 2.75) is 26.2 Å². The zero-order valence-corrected chi connectivity index (χ0v) is 6.92. The summed E-state index contributed by atoms with van der Waals surface area (Å²) in [4.78, 5) is 11.0. The molecule has 0 aromatic heterocycles. The Morgan fingerprint density at radius 2 is 2.55 bits per heavy atom. The van der Waals surface area contributed by atoms with Gasteiger partial charge in [-0.05, 0) is 18.9 Å². The minimum Gasteiger partial charge on any atom is -0.294 e. The Morgan fingerprint density at radius 3 is 3.09 bits per heavy atom. The molecule has 0 fully saturated rings. The Hall–Kier alpha value is -0.850. The van der Waals surface area contributed by atoms with Crippen molar-refractivity contribution < 1.29 is 4.79 Å². The van der Waals surface area contributed by atoms with Crippen molar-refractivity contribution in [2.24, 2.45) is 5.92 Å². The van der Waals surface area contributed by atoms with E-state index in [1.165, 1.54) is 0 Å². The van der Waals surface area contributed by atoms with Crippen LogP contribution in [0.1, 0.15) is 26.2 Å². The Bertz CT molecular complexity index is 189. The van der Waals surface area contributed by atoms with Crippen molar-refractivity contribution in [1.29, 1.82) is 0 Å². The number of carbonyl (C=O) groups excluding carboxylic acids is 1. The lowest BCUT2D eigenvalue weighted by Crippen LogP contribution is -2.01. The average Bonchev–Trinajstić information content (AvgIpc) is 2.37. The molecule has 0 bridgehead atoms. The summed E-state index contributed by atoms with van der Waals surface area (Å²) < 4.78 is 0. The van der Waals surface area contributed by atoms with Gasteiger partial charge in [0.25, 0.3) is 0 Å². The lowest BCUT2D eigenvalue weighted by atomic mass is 10.1. The predicted molar refractivity (Wildman–Crippen MR) is 46.3 cm³/mol. The van der Waals surface area contributed by atoms with Gasteiger partial charge < -0.3 is 0 Å². The molecule has 0 amide bonds. The van der Waals surface area contributed by atoms with Gasteiger partial charge in [0.05, 0.1) is 0 Å². The molecule has 0 aromatic rings. The summed E-state index contributed by atoms with van der Waals surface area (Å²) >= 11 is 0. The predicted octanol–water partition coefficient (Wildman–Crippen LogP) is 2.49. The number of hydrogen-bond donors (Lipinski definition) is 0. The fourth-order valence-electron chi connectivity index (χ4n) is 1.17. The molecule has 0 saturated carbocycles. The van der Waals surface area contributed by atoms with Gasteiger partial charge in [0.1, 0.15) is 0 Å². The minimum absolute atomic E-state index is 0.154. The largest absolute Gasteiger partial charge is 0.294 e. The van der Waals surface area contributed by atoms with Gasteiger partial charge >= 0.3 is 0 Å². The van der Waals surface area contributed by atoms with Gasteiger partial charge in [0.2, 0.25) is 0 Å². The van der Waals surface area contributed by atoms with Gasteiger partial charge in [0.15, 0.2) is 5.78 Å². The van der Waals surface area contributed by atoms with Gasteiger partial charge in [-0.15, -0.1) is 0 Å². The van der Waals surface area contributed by atoms with Crippen molar-refractivity contribution in [2.75, 3.05) is 0 Å². The third-order valence-corrected chi connectivity index (χ3v) is 1.86. The van der Waals surface area contributed by atoms with Crippen LogP contribution < -0.4 is 0 Å². The maximum atomic E-state index is 11.0. The fraction of sp³-hybridized carbons (Fsp3) is 0.500. The van der Waals surface area contributed by atoms with E-state index in [1.54, 1.807) is 6.08 Å². The molecule has 1 atom stereocenters. The van der Waals surface area contributed by atoms with E-state index in [0.29, 0.717) is 0 Å². The molecule has 0 spiro atoms. The number of carbonyl (C=O) groups is 1. The molecule has 0 radical (unpaired) electrons. The smallest absolute Gasteiger partial charge is 0.162 e. The molecular formula is C10H14O. The van der Waals surface area contributed by atoms with Crippen LogP contribution in [0, 0.1) is 5.92 Å². The first-order valence-corrected chi connectivity index (χ1v) is 4.21. The van der Waals surface area contributed by atoms with Crippen LogP contribution in [0.5, 0.6) is 0 Å². The van der Waals surface area contributed by atoms with Gasteiger partial charge in [-0.2, -0.15) is 0 Å². The highest BCUT2D eigenvalue weighted by Gasteiger charge is 2.15. The standard InChI is InChI=1S/C10H14O/c1-2-3-4-6-9-7-5-8-10(9)11/h4-6,8-9H,2-3,7H2,1H3/b6-4+. The van der Waals surface area contributed by atoms with Crippen LogP contribution in [0.2, 0.25) is 0 Å². The first kappa shape index (κ1) is 8.25. The van der Waals surface area contributed by atoms with Crippen LogP contribution in [-0.2, 0) is 4.79 Å². The summed E-state index contributed by atoms with van der Waals surface area (Å²) in [5.41, 5.74) is 0. The first-order valence-electron chi connectivity index (χ1n) is 4.21.